The van der Waals surface area contributed by atoms with E-state index in [1.807, 2.05) is 0 Å². The molecule has 1 heteroatoms. The van der Waals surface area contributed by atoms with Crippen molar-refractivity contribution < 1.29 is 0 Å². The zero-order valence-electron chi connectivity index (χ0n) is 10.8. The lowest BCUT2D eigenvalue weighted by Gasteiger charge is -1.96. The van der Waals surface area contributed by atoms with Crippen LogP contribution in [0.25, 0.3) is 0 Å². The van der Waals surface area contributed by atoms with E-state index in [4.69, 9.17) is 0 Å². The average molecular weight is 211 g/mol. The van der Waals surface area contributed by atoms with Crippen LogP contribution in [0.3, 0.4) is 0 Å². The van der Waals surface area contributed by atoms with Crippen LogP contribution in [0.2, 0.25) is 0 Å². The lowest BCUT2D eigenvalue weighted by Crippen LogP contribution is -1.84. The predicted molar refractivity (Wildman–Crippen MR) is 70.9 cm³/mol. The van der Waals surface area contributed by atoms with Gasteiger partial charge in [-0.05, 0) is 25.5 Å². The van der Waals surface area contributed by atoms with E-state index in [-0.39, 0.29) is 0 Å². The summed E-state index contributed by atoms with van der Waals surface area (Å²) in [5.41, 5.74) is 0. The van der Waals surface area contributed by atoms with Crippen LogP contribution in [-0.4, -0.2) is 12.8 Å². The van der Waals surface area contributed by atoms with E-state index in [9.17, 15) is 0 Å². The Hall–Kier alpha value is -0.330. The van der Waals surface area contributed by atoms with Gasteiger partial charge in [0, 0.05) is 6.54 Å². The largest absolute Gasteiger partial charge is 0.298 e. The van der Waals surface area contributed by atoms with Gasteiger partial charge in [-0.25, -0.2) is 0 Å². The summed E-state index contributed by atoms with van der Waals surface area (Å²) >= 11 is 0. The molecule has 0 amide bonds. The Morgan fingerprint density at radius 1 is 0.733 bits per heavy atom. The minimum absolute atomic E-state index is 1.05. The van der Waals surface area contributed by atoms with Gasteiger partial charge in [-0.1, -0.05) is 58.8 Å². The first-order valence-corrected chi connectivity index (χ1v) is 6.90. The van der Waals surface area contributed by atoms with Gasteiger partial charge in [0.05, 0.1) is 0 Å². The number of hydrogen-bond acceptors (Lipinski definition) is 1. The Kier molecular flexibility index (Phi) is 13.4. The molecule has 15 heavy (non-hydrogen) atoms. The summed E-state index contributed by atoms with van der Waals surface area (Å²) in [7, 11) is 0. The van der Waals surface area contributed by atoms with Crippen molar-refractivity contribution in [2.24, 2.45) is 4.99 Å². The van der Waals surface area contributed by atoms with Gasteiger partial charge in [0.15, 0.2) is 0 Å². The SMILES string of the molecule is CCCCCCC=NCCCCCCC. The molecule has 0 atom stereocenters. The second-order valence-electron chi connectivity index (χ2n) is 4.35. The lowest BCUT2D eigenvalue weighted by atomic mass is 10.1. The fourth-order valence-electron chi connectivity index (χ4n) is 1.65. The average Bonchev–Trinajstić information content (AvgIpc) is 2.26. The van der Waals surface area contributed by atoms with E-state index < -0.39 is 0 Å². The Morgan fingerprint density at radius 3 is 2.00 bits per heavy atom. The zero-order valence-corrected chi connectivity index (χ0v) is 10.8. The second-order valence-corrected chi connectivity index (χ2v) is 4.35. The van der Waals surface area contributed by atoms with Crippen LogP contribution in [-0.2, 0) is 0 Å². The van der Waals surface area contributed by atoms with Crippen molar-refractivity contribution in [2.75, 3.05) is 6.54 Å². The third-order valence-corrected chi connectivity index (χ3v) is 2.71. The molecule has 0 aliphatic carbocycles. The molecule has 0 aliphatic rings. The monoisotopic (exact) mass is 211 g/mol. The van der Waals surface area contributed by atoms with Gasteiger partial charge >= 0.3 is 0 Å². The van der Waals surface area contributed by atoms with E-state index in [1.54, 1.807) is 0 Å². The fourth-order valence-corrected chi connectivity index (χ4v) is 1.65. The second kappa shape index (κ2) is 13.7. The normalized spacial score (nSPS) is 11.3. The van der Waals surface area contributed by atoms with Gasteiger partial charge in [-0.2, -0.15) is 0 Å². The van der Waals surface area contributed by atoms with Crippen LogP contribution in [0.4, 0.5) is 0 Å². The summed E-state index contributed by atoms with van der Waals surface area (Å²) in [5, 5.41) is 0. The number of aliphatic imine (C=N–C) groups is 1. The third-order valence-electron chi connectivity index (χ3n) is 2.71. The quantitative estimate of drug-likeness (QED) is 0.337. The number of rotatable bonds is 11. The molecule has 0 saturated carbocycles. The van der Waals surface area contributed by atoms with E-state index in [2.05, 4.69) is 25.1 Å². The van der Waals surface area contributed by atoms with Gasteiger partial charge in [-0.15, -0.1) is 0 Å². The Labute approximate surface area is 96.4 Å². The minimum atomic E-state index is 1.05. The summed E-state index contributed by atoms with van der Waals surface area (Å²) in [6.45, 7) is 5.57. The molecule has 90 valence electrons. The number of nitrogens with zero attached hydrogens (tertiary/aromatic N) is 1. The Morgan fingerprint density at radius 2 is 1.33 bits per heavy atom. The maximum Gasteiger partial charge on any atom is 0.0385 e. The van der Waals surface area contributed by atoms with Crippen molar-refractivity contribution in [1.29, 1.82) is 0 Å². The van der Waals surface area contributed by atoms with Gasteiger partial charge in [-0.3, -0.25) is 4.99 Å². The van der Waals surface area contributed by atoms with Crippen LogP contribution in [0, 0.1) is 0 Å². The first-order chi connectivity index (χ1) is 7.41. The highest BCUT2D eigenvalue weighted by atomic mass is 14.7. The van der Waals surface area contributed by atoms with E-state index >= 15 is 0 Å². The summed E-state index contributed by atoms with van der Waals surface area (Å²) < 4.78 is 0. The lowest BCUT2D eigenvalue weighted by molar-refractivity contribution is 0.638. The Bertz CT molecular complexity index is 129. The van der Waals surface area contributed by atoms with E-state index in [0.717, 1.165) is 6.54 Å². The highest BCUT2D eigenvalue weighted by molar-refractivity contribution is 5.56. The molecule has 0 radical (unpaired) electrons. The van der Waals surface area contributed by atoms with Crippen LogP contribution < -0.4 is 0 Å². The van der Waals surface area contributed by atoms with Gasteiger partial charge in [0.2, 0.25) is 0 Å². The molecule has 0 fully saturated rings. The van der Waals surface area contributed by atoms with Crippen LogP contribution >= 0.6 is 0 Å². The molecule has 0 aromatic carbocycles. The van der Waals surface area contributed by atoms with E-state index in [0.29, 0.717) is 0 Å². The Balaban J connectivity index is 2.97. The zero-order chi connectivity index (χ0) is 11.2. The molecule has 0 rings (SSSR count). The molecule has 0 unspecified atom stereocenters. The first kappa shape index (κ1) is 14.7. The van der Waals surface area contributed by atoms with Crippen LogP contribution in [0.1, 0.15) is 78.1 Å². The van der Waals surface area contributed by atoms with Gasteiger partial charge < -0.3 is 0 Å². The number of unbranched alkanes of at least 4 members (excludes halogenated alkanes) is 8. The van der Waals surface area contributed by atoms with Crippen LogP contribution in [0.15, 0.2) is 4.99 Å². The van der Waals surface area contributed by atoms with Crippen LogP contribution in [0.5, 0.6) is 0 Å². The summed E-state index contributed by atoms with van der Waals surface area (Å²) in [4.78, 5) is 4.44. The molecule has 0 saturated heterocycles. The summed E-state index contributed by atoms with van der Waals surface area (Å²) in [5.74, 6) is 0. The van der Waals surface area contributed by atoms with Crippen molar-refractivity contribution in [2.45, 2.75) is 78.1 Å². The molecule has 0 aromatic heterocycles. The molecule has 0 spiro atoms. The fraction of sp³-hybridized carbons (Fsp3) is 0.929. The molecule has 0 bridgehead atoms. The molecular formula is C14H29N. The highest BCUT2D eigenvalue weighted by Crippen LogP contribution is 2.03. The number of hydrogen-bond donors (Lipinski definition) is 0. The van der Waals surface area contributed by atoms with Gasteiger partial charge in [0.1, 0.15) is 0 Å². The topological polar surface area (TPSA) is 12.4 Å². The van der Waals surface area contributed by atoms with Gasteiger partial charge in [0.25, 0.3) is 0 Å². The third kappa shape index (κ3) is 13.7. The summed E-state index contributed by atoms with van der Waals surface area (Å²) in [6, 6.07) is 0. The predicted octanol–water partition coefficient (Wildman–Crippen LogP) is 5.00. The highest BCUT2D eigenvalue weighted by Gasteiger charge is 1.87. The summed E-state index contributed by atoms with van der Waals surface area (Å²) in [6.07, 6.45) is 15.5. The minimum Gasteiger partial charge on any atom is -0.298 e. The maximum atomic E-state index is 4.44. The maximum absolute atomic E-state index is 4.44. The standard InChI is InChI=1S/C14H29N/c1-3-5-7-9-11-13-15-14-12-10-8-6-4-2/h13H,3-12,14H2,1-2H3. The smallest absolute Gasteiger partial charge is 0.0385 e. The van der Waals surface area contributed by atoms with Crippen molar-refractivity contribution in [3.8, 4) is 0 Å². The molecular weight excluding hydrogens is 182 g/mol. The van der Waals surface area contributed by atoms with Crippen molar-refractivity contribution in [3.63, 3.8) is 0 Å². The molecule has 0 aliphatic heterocycles. The first-order valence-electron chi connectivity index (χ1n) is 6.90. The van der Waals surface area contributed by atoms with Crippen molar-refractivity contribution in [1.82, 2.24) is 0 Å². The molecule has 0 heterocycles. The van der Waals surface area contributed by atoms with E-state index in [1.165, 1.54) is 64.2 Å². The molecule has 0 N–H and O–H groups in total. The molecule has 1 nitrogen and oxygen atoms in total. The van der Waals surface area contributed by atoms with Crippen molar-refractivity contribution >= 4 is 6.21 Å². The molecule has 0 aromatic rings. The van der Waals surface area contributed by atoms with Crippen molar-refractivity contribution in [3.05, 3.63) is 0 Å².